The Bertz CT molecular complexity index is 470. The summed E-state index contributed by atoms with van der Waals surface area (Å²) in [6.45, 7) is 9.84. The van der Waals surface area contributed by atoms with E-state index in [1.807, 2.05) is 33.1 Å². The predicted octanol–water partition coefficient (Wildman–Crippen LogP) is 3.87. The quantitative estimate of drug-likeness (QED) is 0.843. The minimum Gasteiger partial charge on any atom is -0.444 e. The van der Waals surface area contributed by atoms with Gasteiger partial charge in [-0.25, -0.2) is 9.78 Å². The predicted molar refractivity (Wildman–Crippen MR) is 87.0 cm³/mol. The fourth-order valence-electron chi connectivity index (χ4n) is 2.48. The second-order valence-electron chi connectivity index (χ2n) is 6.78. The second kappa shape index (κ2) is 7.42. The largest absolute Gasteiger partial charge is 0.444 e. The minimum atomic E-state index is -0.445. The molecule has 1 amide bonds. The third-order valence-electron chi connectivity index (χ3n) is 3.55. The molecule has 1 fully saturated rings. The highest BCUT2D eigenvalue weighted by Gasteiger charge is 2.28. The maximum Gasteiger partial charge on any atom is 0.410 e. The van der Waals surface area contributed by atoms with Gasteiger partial charge in [-0.15, -0.1) is 11.3 Å². The number of rotatable bonds is 4. The number of piperidine rings is 1. The van der Waals surface area contributed by atoms with Gasteiger partial charge in [0.25, 0.3) is 0 Å². The lowest BCUT2D eigenvalue weighted by Gasteiger charge is -2.34. The monoisotopic (exact) mass is 326 g/mol. The number of ether oxygens (including phenoxy) is 2. The molecule has 6 heteroatoms. The summed E-state index contributed by atoms with van der Waals surface area (Å²) in [6.07, 6.45) is 3.68. The fourth-order valence-corrected chi connectivity index (χ4v) is 3.12. The van der Waals surface area contributed by atoms with Crippen molar-refractivity contribution < 1.29 is 14.3 Å². The zero-order valence-electron chi connectivity index (χ0n) is 13.9. The third kappa shape index (κ3) is 5.25. The maximum absolute atomic E-state index is 12.1. The van der Waals surface area contributed by atoms with Crippen LogP contribution in [0.1, 0.15) is 51.6 Å². The molecule has 0 saturated carbocycles. The molecule has 0 bridgehead atoms. The first kappa shape index (κ1) is 17.2. The van der Waals surface area contributed by atoms with E-state index in [1.165, 1.54) is 0 Å². The molecule has 2 heterocycles. The Hall–Kier alpha value is -1.14. The second-order valence-corrected chi connectivity index (χ2v) is 7.71. The summed E-state index contributed by atoms with van der Waals surface area (Å²) in [5.41, 5.74) is -0.445. The van der Waals surface area contributed by atoms with E-state index in [4.69, 9.17) is 9.47 Å². The minimum absolute atomic E-state index is 0.0110. The van der Waals surface area contributed by atoms with Crippen LogP contribution >= 0.6 is 11.3 Å². The van der Waals surface area contributed by atoms with Crippen molar-refractivity contribution >= 4 is 17.4 Å². The molecule has 2 rings (SSSR count). The Morgan fingerprint density at radius 2 is 2.32 bits per heavy atom. The van der Waals surface area contributed by atoms with E-state index in [9.17, 15) is 4.79 Å². The summed E-state index contributed by atoms with van der Waals surface area (Å²) >= 11 is 1.61. The molecule has 0 aromatic carbocycles. The van der Waals surface area contributed by atoms with Gasteiger partial charge in [0.2, 0.25) is 0 Å². The van der Waals surface area contributed by atoms with Gasteiger partial charge in [0.1, 0.15) is 16.7 Å². The molecule has 1 aromatic heterocycles. The van der Waals surface area contributed by atoms with Crippen LogP contribution in [0, 0.1) is 5.92 Å². The Kier molecular flexibility index (Phi) is 5.81. The van der Waals surface area contributed by atoms with E-state index in [1.54, 1.807) is 22.4 Å². The van der Waals surface area contributed by atoms with Crippen LogP contribution in [0.2, 0.25) is 0 Å². The van der Waals surface area contributed by atoms with Crippen molar-refractivity contribution in [2.45, 2.75) is 52.2 Å². The van der Waals surface area contributed by atoms with Crippen molar-refractivity contribution in [1.82, 2.24) is 9.88 Å². The number of aromatic nitrogens is 1. The van der Waals surface area contributed by atoms with Crippen molar-refractivity contribution in [3.63, 3.8) is 0 Å². The molecule has 0 radical (unpaired) electrons. The van der Waals surface area contributed by atoms with Crippen LogP contribution < -0.4 is 0 Å². The number of hydrogen-bond acceptors (Lipinski definition) is 5. The number of nitrogens with zero attached hydrogens (tertiary/aromatic N) is 2. The van der Waals surface area contributed by atoms with Gasteiger partial charge in [0.05, 0.1) is 6.61 Å². The summed E-state index contributed by atoms with van der Waals surface area (Å²) in [5, 5.41) is 2.96. The first-order valence-electron chi connectivity index (χ1n) is 7.84. The van der Waals surface area contributed by atoms with Gasteiger partial charge in [-0.2, -0.15) is 0 Å². The molecule has 1 aliphatic rings. The fraction of sp³-hybridized carbons (Fsp3) is 0.750. The molecule has 0 aliphatic carbocycles. The van der Waals surface area contributed by atoms with Crippen LogP contribution in [0.4, 0.5) is 4.79 Å². The van der Waals surface area contributed by atoms with E-state index in [0.717, 1.165) is 24.4 Å². The van der Waals surface area contributed by atoms with E-state index in [-0.39, 0.29) is 12.2 Å². The molecule has 1 aliphatic heterocycles. The lowest BCUT2D eigenvalue weighted by Crippen LogP contribution is -2.43. The number of carbonyl (C=O) groups is 1. The van der Waals surface area contributed by atoms with E-state index in [0.29, 0.717) is 19.1 Å². The summed E-state index contributed by atoms with van der Waals surface area (Å²) in [6, 6.07) is 0. The maximum atomic E-state index is 12.1. The topological polar surface area (TPSA) is 51.7 Å². The summed E-state index contributed by atoms with van der Waals surface area (Å²) in [7, 11) is 0. The van der Waals surface area contributed by atoms with Gasteiger partial charge < -0.3 is 14.4 Å². The smallest absolute Gasteiger partial charge is 0.410 e. The zero-order valence-corrected chi connectivity index (χ0v) is 14.7. The normalized spacial score (nSPS) is 20.7. The van der Waals surface area contributed by atoms with Crippen molar-refractivity contribution in [2.24, 2.45) is 5.92 Å². The van der Waals surface area contributed by atoms with E-state index < -0.39 is 5.60 Å². The van der Waals surface area contributed by atoms with Crippen LogP contribution in [0.5, 0.6) is 0 Å². The van der Waals surface area contributed by atoms with Gasteiger partial charge in [-0.05, 0) is 40.5 Å². The van der Waals surface area contributed by atoms with Gasteiger partial charge in [0, 0.05) is 30.6 Å². The highest BCUT2D eigenvalue weighted by Crippen LogP contribution is 2.23. The molecule has 2 atom stereocenters. The molecule has 0 spiro atoms. The molecule has 1 aromatic rings. The van der Waals surface area contributed by atoms with Crippen molar-refractivity contribution in [1.29, 1.82) is 0 Å². The lowest BCUT2D eigenvalue weighted by atomic mass is 9.99. The van der Waals surface area contributed by atoms with Gasteiger partial charge in [-0.1, -0.05) is 0 Å². The number of amides is 1. The molecule has 1 saturated heterocycles. The lowest BCUT2D eigenvalue weighted by molar-refractivity contribution is -0.00385. The van der Waals surface area contributed by atoms with E-state index in [2.05, 4.69) is 4.98 Å². The van der Waals surface area contributed by atoms with Crippen molar-refractivity contribution in [3.8, 4) is 0 Å². The van der Waals surface area contributed by atoms with Gasteiger partial charge >= 0.3 is 6.09 Å². The molecule has 124 valence electrons. The Labute approximate surface area is 136 Å². The Balaban J connectivity index is 1.79. The Morgan fingerprint density at radius 1 is 1.55 bits per heavy atom. The van der Waals surface area contributed by atoms with Crippen LogP contribution in [-0.4, -0.2) is 41.3 Å². The standard InChI is InChI=1S/C16H26N2O3S/c1-12(14-17-7-9-22-14)20-11-13-6-5-8-18(10-13)15(19)21-16(2,3)4/h7,9,12-13H,5-6,8,10-11H2,1-4H3/t12-,13-/m0/s1. The zero-order chi connectivity index (χ0) is 16.2. The van der Waals surface area contributed by atoms with Gasteiger partial charge in [-0.3, -0.25) is 0 Å². The van der Waals surface area contributed by atoms with Crippen molar-refractivity contribution in [2.75, 3.05) is 19.7 Å². The molecule has 0 N–H and O–H groups in total. The van der Waals surface area contributed by atoms with Crippen LogP contribution in [0.3, 0.4) is 0 Å². The van der Waals surface area contributed by atoms with Gasteiger partial charge in [0.15, 0.2) is 0 Å². The summed E-state index contributed by atoms with van der Waals surface area (Å²) in [5.74, 6) is 0.365. The third-order valence-corrected chi connectivity index (χ3v) is 4.49. The molecular weight excluding hydrogens is 300 g/mol. The average molecular weight is 326 g/mol. The SMILES string of the molecule is C[C@H](OC[C@H]1CCCN(C(=O)OC(C)(C)C)C1)c1nccs1. The average Bonchev–Trinajstić information content (AvgIpc) is 2.97. The molecule has 0 unspecified atom stereocenters. The number of likely N-dealkylation sites (tertiary alicyclic amines) is 1. The molecule has 5 nitrogen and oxygen atoms in total. The molecular formula is C16H26N2O3S. The highest BCUT2D eigenvalue weighted by atomic mass is 32.1. The Morgan fingerprint density at radius 3 is 2.95 bits per heavy atom. The van der Waals surface area contributed by atoms with Crippen LogP contribution in [-0.2, 0) is 9.47 Å². The summed E-state index contributed by atoms with van der Waals surface area (Å²) in [4.78, 5) is 18.2. The van der Waals surface area contributed by atoms with Crippen LogP contribution in [0.15, 0.2) is 11.6 Å². The van der Waals surface area contributed by atoms with Crippen molar-refractivity contribution in [3.05, 3.63) is 16.6 Å². The number of hydrogen-bond donors (Lipinski definition) is 0. The highest BCUT2D eigenvalue weighted by molar-refractivity contribution is 7.09. The number of thiazole rings is 1. The number of carbonyl (C=O) groups excluding carboxylic acids is 1. The summed E-state index contributed by atoms with van der Waals surface area (Å²) < 4.78 is 11.4. The first-order valence-corrected chi connectivity index (χ1v) is 8.72. The first-order chi connectivity index (χ1) is 10.3. The van der Waals surface area contributed by atoms with Crippen LogP contribution in [0.25, 0.3) is 0 Å². The molecule has 22 heavy (non-hydrogen) atoms. The van der Waals surface area contributed by atoms with E-state index >= 15 is 0 Å².